The standard InChI is InChI=1S/C10H28N12O3Si/c1-23-26(24-2,25-3)10(21-8(15)16,22-9(17)18)4-5(19-6(11)12)20-7(13)14/h5H,4H2,1-3H3,(H4,11,12,19)(H4,13,14,20)(H4,15,16,21)(H4,17,18,22). The maximum Gasteiger partial charge on any atom is 0.551 e. The summed E-state index contributed by atoms with van der Waals surface area (Å²) in [5.74, 6) is -1.50. The van der Waals surface area contributed by atoms with E-state index in [1.165, 1.54) is 21.3 Å². The van der Waals surface area contributed by atoms with Crippen LogP contribution in [0.15, 0.2) is 15.0 Å². The maximum atomic E-state index is 7.63. The van der Waals surface area contributed by atoms with Gasteiger partial charge in [0.1, 0.15) is 0 Å². The van der Waals surface area contributed by atoms with Crippen molar-refractivity contribution in [2.45, 2.75) is 17.9 Å². The van der Waals surface area contributed by atoms with Crippen molar-refractivity contribution in [2.24, 2.45) is 55.1 Å². The molecule has 0 aliphatic carbocycles. The lowest BCUT2D eigenvalue weighted by Gasteiger charge is -2.41. The second-order valence-electron chi connectivity index (χ2n) is 4.90. The number of hydrogen-bond acceptors (Lipinski definition) is 7. The zero-order valence-electron chi connectivity index (χ0n) is 14.9. The Morgan fingerprint density at radius 3 is 1.62 bits per heavy atom. The number of nitrogens with zero attached hydrogens (tertiary/aromatic N) is 3. The molecule has 0 heterocycles. The van der Waals surface area contributed by atoms with Crippen molar-refractivity contribution in [3.05, 3.63) is 0 Å². The van der Waals surface area contributed by atoms with Gasteiger partial charge in [0.15, 0.2) is 30.0 Å². The first-order valence-corrected chi connectivity index (χ1v) is 8.76. The average molecular weight is 393 g/mol. The van der Waals surface area contributed by atoms with E-state index >= 15 is 0 Å². The molecule has 15 nitrogen and oxygen atoms in total. The highest BCUT2D eigenvalue weighted by Crippen LogP contribution is 2.30. The topological polar surface area (TPSA) is 283 Å². The number of rotatable bonds is 10. The lowest BCUT2D eigenvalue weighted by Crippen LogP contribution is -2.72. The van der Waals surface area contributed by atoms with Gasteiger partial charge < -0.3 is 58.7 Å². The molecule has 26 heavy (non-hydrogen) atoms. The number of nitrogens with two attached hydrogens (primary N) is 7. The maximum absolute atomic E-state index is 7.63. The molecule has 0 bridgehead atoms. The van der Waals surface area contributed by atoms with E-state index in [-0.39, 0.29) is 24.3 Å². The molecule has 0 aliphatic rings. The molecule has 0 aromatic rings. The van der Waals surface area contributed by atoms with Gasteiger partial charge in [-0.25, -0.2) is 15.0 Å². The molecular weight excluding hydrogens is 364 g/mol. The molecule has 0 aromatic heterocycles. The molecule has 0 saturated heterocycles. The Morgan fingerprint density at radius 1 is 0.923 bits per heavy atom. The van der Waals surface area contributed by atoms with E-state index in [4.69, 9.17) is 58.8 Å². The lowest BCUT2D eigenvalue weighted by atomic mass is 10.2. The first-order chi connectivity index (χ1) is 12.0. The smallest absolute Gasteiger partial charge is 0.374 e. The van der Waals surface area contributed by atoms with Crippen LogP contribution in [-0.2, 0) is 13.3 Å². The Morgan fingerprint density at radius 2 is 1.35 bits per heavy atom. The second-order valence-corrected chi connectivity index (χ2v) is 8.06. The molecule has 0 saturated carbocycles. The monoisotopic (exact) mass is 392 g/mol. The Hall–Kier alpha value is -2.82. The third kappa shape index (κ3) is 5.92. The van der Waals surface area contributed by atoms with Crippen molar-refractivity contribution in [1.82, 2.24) is 5.32 Å². The van der Waals surface area contributed by atoms with E-state index < -0.39 is 26.2 Å². The summed E-state index contributed by atoms with van der Waals surface area (Å²) in [4.78, 5) is 11.9. The first kappa shape index (κ1) is 23.2. The molecule has 0 spiro atoms. The van der Waals surface area contributed by atoms with E-state index in [0.29, 0.717) is 0 Å². The van der Waals surface area contributed by atoms with Crippen molar-refractivity contribution >= 4 is 32.6 Å². The van der Waals surface area contributed by atoms with Gasteiger partial charge in [0.25, 0.3) is 0 Å². The summed E-state index contributed by atoms with van der Waals surface area (Å²) in [6.45, 7) is 0. The van der Waals surface area contributed by atoms with Crippen molar-refractivity contribution in [2.75, 3.05) is 21.3 Å². The highest BCUT2D eigenvalue weighted by molar-refractivity contribution is 6.64. The first-order valence-electron chi connectivity index (χ1n) is 7.03. The second kappa shape index (κ2) is 9.61. The number of aliphatic imine (C=N–C) groups is 3. The summed E-state index contributed by atoms with van der Waals surface area (Å²) in [7, 11) is 0.172. The fourth-order valence-electron chi connectivity index (χ4n) is 2.32. The van der Waals surface area contributed by atoms with E-state index in [1.807, 2.05) is 0 Å². The van der Waals surface area contributed by atoms with Gasteiger partial charge in [0.05, 0.1) is 0 Å². The van der Waals surface area contributed by atoms with E-state index in [0.717, 1.165) is 0 Å². The van der Waals surface area contributed by atoms with Crippen molar-refractivity contribution in [3.63, 3.8) is 0 Å². The van der Waals surface area contributed by atoms with Crippen LogP contribution >= 0.6 is 0 Å². The minimum Gasteiger partial charge on any atom is -0.374 e. The van der Waals surface area contributed by atoms with Crippen LogP contribution in [-0.4, -0.2) is 65.4 Å². The molecule has 0 aliphatic heterocycles. The van der Waals surface area contributed by atoms with Gasteiger partial charge in [-0.3, -0.25) is 5.41 Å². The Balaban J connectivity index is 6.59. The molecule has 1 unspecified atom stereocenters. The van der Waals surface area contributed by atoms with Crippen LogP contribution in [0.2, 0.25) is 0 Å². The molecule has 0 fully saturated rings. The molecule has 0 rings (SSSR count). The van der Waals surface area contributed by atoms with E-state index in [2.05, 4.69) is 20.3 Å². The van der Waals surface area contributed by atoms with E-state index in [1.54, 1.807) is 0 Å². The van der Waals surface area contributed by atoms with Crippen LogP contribution < -0.4 is 45.5 Å². The fraction of sp³-hybridized carbons (Fsp3) is 0.600. The van der Waals surface area contributed by atoms with Gasteiger partial charge in [0.2, 0.25) is 5.29 Å². The molecular formula is C10H28N12O3Si. The zero-order chi connectivity index (χ0) is 20.5. The molecule has 150 valence electrons. The largest absolute Gasteiger partial charge is 0.551 e. The zero-order valence-corrected chi connectivity index (χ0v) is 15.9. The molecule has 16 N–H and O–H groups in total. The van der Waals surface area contributed by atoms with Crippen molar-refractivity contribution < 1.29 is 13.3 Å². The van der Waals surface area contributed by atoms with Gasteiger partial charge in [-0.1, -0.05) is 0 Å². The summed E-state index contributed by atoms with van der Waals surface area (Å²) in [6.07, 6.45) is -1.31. The van der Waals surface area contributed by atoms with Crippen molar-refractivity contribution in [1.29, 1.82) is 5.41 Å². The minimum atomic E-state index is -3.77. The predicted octanol–water partition coefficient (Wildman–Crippen LogP) is -4.88. The third-order valence-corrected chi connectivity index (χ3v) is 6.11. The summed E-state index contributed by atoms with van der Waals surface area (Å²) >= 11 is 0. The highest BCUT2D eigenvalue weighted by atomic mass is 28.4. The van der Waals surface area contributed by atoms with Crippen LogP contribution in [0.5, 0.6) is 0 Å². The number of nitrogens with one attached hydrogen (secondary N) is 2. The minimum absolute atomic E-state index is 0.234. The predicted molar refractivity (Wildman–Crippen MR) is 100 cm³/mol. The van der Waals surface area contributed by atoms with E-state index in [9.17, 15) is 0 Å². The lowest BCUT2D eigenvalue weighted by molar-refractivity contribution is 0.0834. The SMILES string of the molecule is CO[Si](OC)(OC)C(CC(N=C(N)N)N=C(N)N)(N=C(N)N)NC(=N)N. The third-order valence-electron chi connectivity index (χ3n) is 3.05. The van der Waals surface area contributed by atoms with Gasteiger partial charge in [-0.15, -0.1) is 0 Å². The van der Waals surface area contributed by atoms with Crippen molar-refractivity contribution in [3.8, 4) is 0 Å². The van der Waals surface area contributed by atoms with Gasteiger partial charge >= 0.3 is 8.80 Å². The van der Waals surface area contributed by atoms with Gasteiger partial charge in [-0.2, -0.15) is 0 Å². The summed E-state index contributed by atoms with van der Waals surface area (Å²) in [5.41, 5.74) is 38.3. The fourth-order valence-corrected chi connectivity index (χ4v) is 4.82. The number of guanidine groups is 4. The normalized spacial score (nSPS) is 13.4. The quantitative estimate of drug-likeness (QED) is 0.0963. The van der Waals surface area contributed by atoms with Crippen LogP contribution in [0.4, 0.5) is 0 Å². The van der Waals surface area contributed by atoms with Gasteiger partial charge in [-0.05, 0) is 0 Å². The molecule has 0 aromatic carbocycles. The average Bonchev–Trinajstić information content (AvgIpc) is 2.46. The van der Waals surface area contributed by atoms with Crippen LogP contribution in [0.1, 0.15) is 6.42 Å². The highest BCUT2D eigenvalue weighted by Gasteiger charge is 2.62. The summed E-state index contributed by atoms with van der Waals surface area (Å²) < 4.78 is 16.4. The van der Waals surface area contributed by atoms with Crippen LogP contribution in [0, 0.1) is 5.41 Å². The molecule has 0 amide bonds. The van der Waals surface area contributed by atoms with Crippen LogP contribution in [0.3, 0.4) is 0 Å². The van der Waals surface area contributed by atoms with Gasteiger partial charge in [0, 0.05) is 27.8 Å². The summed E-state index contributed by atoms with van der Waals surface area (Å²) in [5, 5.41) is 8.50. The Bertz CT molecular complexity index is 539. The Labute approximate surface area is 151 Å². The Kier molecular flexibility index (Phi) is 8.56. The van der Waals surface area contributed by atoms with Crippen LogP contribution in [0.25, 0.3) is 0 Å². The molecule has 0 radical (unpaired) electrons. The molecule has 16 heteroatoms. The number of hydrogen-bond donors (Lipinski definition) is 9. The molecule has 1 atom stereocenters. The summed E-state index contributed by atoms with van der Waals surface area (Å²) in [6, 6.07) is 0.